The fourth-order valence-electron chi connectivity index (χ4n) is 2.44. The van der Waals surface area contributed by atoms with Gasteiger partial charge in [-0.3, -0.25) is 0 Å². The molecule has 3 aromatic rings. The zero-order chi connectivity index (χ0) is 15.0. The first-order valence-electron chi connectivity index (χ1n) is 6.48. The van der Waals surface area contributed by atoms with Crippen LogP contribution in [-0.4, -0.2) is 7.11 Å². The van der Waals surface area contributed by atoms with Crippen LogP contribution in [0.4, 0.5) is 0 Å². The lowest BCUT2D eigenvalue weighted by atomic mass is 9.99. The van der Waals surface area contributed by atoms with Gasteiger partial charge in [-0.05, 0) is 30.7 Å². The highest BCUT2D eigenvalue weighted by Crippen LogP contribution is 2.32. The third-order valence-corrected chi connectivity index (χ3v) is 3.85. The van der Waals surface area contributed by atoms with Gasteiger partial charge in [0.25, 0.3) is 0 Å². The molecule has 1 aromatic heterocycles. The van der Waals surface area contributed by atoms with E-state index < -0.39 is 5.63 Å². The highest BCUT2D eigenvalue weighted by Gasteiger charge is 2.15. The Morgan fingerprint density at radius 2 is 1.90 bits per heavy atom. The zero-order valence-corrected chi connectivity index (χ0v) is 12.4. The Kier molecular flexibility index (Phi) is 3.43. The molecule has 0 amide bonds. The van der Waals surface area contributed by atoms with Crippen LogP contribution in [0.3, 0.4) is 0 Å². The van der Waals surface area contributed by atoms with Crippen LogP contribution in [0.1, 0.15) is 5.56 Å². The minimum absolute atomic E-state index is 0.402. The monoisotopic (exact) mass is 300 g/mol. The minimum Gasteiger partial charge on any atom is -0.497 e. The first kappa shape index (κ1) is 13.7. The van der Waals surface area contributed by atoms with Crippen LogP contribution in [0.2, 0.25) is 5.02 Å². The highest BCUT2D eigenvalue weighted by atomic mass is 35.5. The quantitative estimate of drug-likeness (QED) is 0.657. The van der Waals surface area contributed by atoms with E-state index in [9.17, 15) is 4.79 Å². The lowest BCUT2D eigenvalue weighted by Crippen LogP contribution is -2.06. The molecule has 0 atom stereocenters. The van der Waals surface area contributed by atoms with Crippen molar-refractivity contribution in [3.8, 4) is 16.9 Å². The van der Waals surface area contributed by atoms with E-state index in [1.54, 1.807) is 19.2 Å². The number of benzene rings is 2. The smallest absolute Gasteiger partial charge is 0.344 e. The number of hydrogen-bond donors (Lipinski definition) is 0. The predicted molar refractivity (Wildman–Crippen MR) is 84.2 cm³/mol. The maximum absolute atomic E-state index is 12.3. The first-order valence-corrected chi connectivity index (χ1v) is 6.86. The average Bonchev–Trinajstić information content (AvgIpc) is 2.48. The summed E-state index contributed by atoms with van der Waals surface area (Å²) in [6.07, 6.45) is 0. The summed E-state index contributed by atoms with van der Waals surface area (Å²) in [5, 5.41) is 1.39. The number of ether oxygens (including phenoxy) is 1. The van der Waals surface area contributed by atoms with Crippen LogP contribution in [-0.2, 0) is 0 Å². The second-order valence-corrected chi connectivity index (χ2v) is 5.14. The molecule has 21 heavy (non-hydrogen) atoms. The number of hydrogen-bond acceptors (Lipinski definition) is 3. The molecule has 2 aromatic carbocycles. The lowest BCUT2D eigenvalue weighted by molar-refractivity contribution is 0.414. The van der Waals surface area contributed by atoms with Crippen molar-refractivity contribution in [2.45, 2.75) is 6.92 Å². The fourth-order valence-corrected chi connectivity index (χ4v) is 2.67. The van der Waals surface area contributed by atoms with E-state index in [0.29, 0.717) is 27.5 Å². The summed E-state index contributed by atoms with van der Waals surface area (Å²) in [7, 11) is 1.57. The number of halogens is 1. The molecule has 3 nitrogen and oxygen atoms in total. The molecular weight excluding hydrogens is 288 g/mol. The SMILES string of the molecule is COc1ccc2c(C)c(-c3ccccc3Cl)c(=O)oc2c1. The van der Waals surface area contributed by atoms with E-state index in [1.165, 1.54) is 0 Å². The summed E-state index contributed by atoms with van der Waals surface area (Å²) in [6.45, 7) is 1.89. The van der Waals surface area contributed by atoms with E-state index in [-0.39, 0.29) is 0 Å². The van der Waals surface area contributed by atoms with Crippen LogP contribution < -0.4 is 10.4 Å². The van der Waals surface area contributed by atoms with E-state index in [4.69, 9.17) is 20.8 Å². The normalized spacial score (nSPS) is 10.8. The Labute approximate surface area is 126 Å². The van der Waals surface area contributed by atoms with Gasteiger partial charge in [0.2, 0.25) is 0 Å². The van der Waals surface area contributed by atoms with Crippen molar-refractivity contribution in [3.63, 3.8) is 0 Å². The fraction of sp³-hybridized carbons (Fsp3) is 0.118. The number of methoxy groups -OCH3 is 1. The summed E-state index contributed by atoms with van der Waals surface area (Å²) >= 11 is 6.20. The average molecular weight is 301 g/mol. The van der Waals surface area contributed by atoms with Crippen LogP contribution >= 0.6 is 11.6 Å². The minimum atomic E-state index is -0.402. The van der Waals surface area contributed by atoms with Gasteiger partial charge in [0.05, 0.1) is 12.7 Å². The maximum Gasteiger partial charge on any atom is 0.344 e. The van der Waals surface area contributed by atoms with Crippen LogP contribution in [0.25, 0.3) is 22.1 Å². The van der Waals surface area contributed by atoms with Gasteiger partial charge in [0.15, 0.2) is 0 Å². The van der Waals surface area contributed by atoms with E-state index in [2.05, 4.69) is 0 Å². The van der Waals surface area contributed by atoms with Gasteiger partial charge in [-0.2, -0.15) is 0 Å². The highest BCUT2D eigenvalue weighted by molar-refractivity contribution is 6.33. The van der Waals surface area contributed by atoms with E-state index in [0.717, 1.165) is 10.9 Å². The zero-order valence-electron chi connectivity index (χ0n) is 11.6. The third kappa shape index (κ3) is 2.30. The Balaban J connectivity index is 2.35. The largest absolute Gasteiger partial charge is 0.497 e. The number of fused-ring (bicyclic) bond motifs is 1. The summed E-state index contributed by atoms with van der Waals surface area (Å²) in [5.74, 6) is 0.649. The topological polar surface area (TPSA) is 39.4 Å². The van der Waals surface area contributed by atoms with Crippen molar-refractivity contribution in [1.82, 2.24) is 0 Å². The van der Waals surface area contributed by atoms with Crippen molar-refractivity contribution in [2.24, 2.45) is 0 Å². The Bertz CT molecular complexity index is 881. The molecular formula is C17H13ClO3. The van der Waals surface area contributed by atoms with Crippen LogP contribution in [0, 0.1) is 6.92 Å². The summed E-state index contributed by atoms with van der Waals surface area (Å²) in [4.78, 5) is 12.3. The first-order chi connectivity index (χ1) is 10.1. The van der Waals surface area contributed by atoms with Crippen molar-refractivity contribution in [2.75, 3.05) is 7.11 Å². The third-order valence-electron chi connectivity index (χ3n) is 3.52. The van der Waals surface area contributed by atoms with Gasteiger partial charge in [-0.15, -0.1) is 0 Å². The van der Waals surface area contributed by atoms with Gasteiger partial charge in [0, 0.05) is 22.0 Å². The standard InChI is InChI=1S/C17H13ClO3/c1-10-12-8-7-11(20-2)9-15(12)21-17(19)16(10)13-5-3-4-6-14(13)18/h3-9H,1-2H3. The van der Waals surface area contributed by atoms with Crippen molar-refractivity contribution in [3.05, 3.63) is 63.5 Å². The molecule has 3 rings (SSSR count). The second kappa shape index (κ2) is 5.26. The molecule has 106 valence electrons. The Morgan fingerprint density at radius 3 is 2.62 bits per heavy atom. The molecule has 0 unspecified atom stereocenters. The van der Waals surface area contributed by atoms with Gasteiger partial charge in [-0.25, -0.2) is 4.79 Å². The molecule has 4 heteroatoms. The predicted octanol–water partition coefficient (Wildman–Crippen LogP) is 4.43. The molecule has 0 aliphatic heterocycles. The van der Waals surface area contributed by atoms with Crippen molar-refractivity contribution < 1.29 is 9.15 Å². The van der Waals surface area contributed by atoms with Gasteiger partial charge < -0.3 is 9.15 Å². The molecule has 0 radical (unpaired) electrons. The number of rotatable bonds is 2. The van der Waals surface area contributed by atoms with Gasteiger partial charge in [0.1, 0.15) is 11.3 Å². The van der Waals surface area contributed by atoms with Crippen LogP contribution in [0.5, 0.6) is 5.75 Å². The summed E-state index contributed by atoms with van der Waals surface area (Å²) < 4.78 is 10.6. The number of aryl methyl sites for hydroxylation is 1. The molecule has 0 aliphatic carbocycles. The Morgan fingerprint density at radius 1 is 1.14 bits per heavy atom. The van der Waals surface area contributed by atoms with Gasteiger partial charge >= 0.3 is 5.63 Å². The molecule has 0 saturated carbocycles. The molecule has 0 N–H and O–H groups in total. The molecule has 1 heterocycles. The van der Waals surface area contributed by atoms with E-state index >= 15 is 0 Å². The van der Waals surface area contributed by atoms with Crippen LogP contribution in [0.15, 0.2) is 51.7 Å². The van der Waals surface area contributed by atoms with Crippen molar-refractivity contribution in [1.29, 1.82) is 0 Å². The van der Waals surface area contributed by atoms with E-state index in [1.807, 2.05) is 37.3 Å². The maximum atomic E-state index is 12.3. The molecule has 0 aliphatic rings. The van der Waals surface area contributed by atoms with Gasteiger partial charge in [-0.1, -0.05) is 29.8 Å². The lowest BCUT2D eigenvalue weighted by Gasteiger charge is -2.10. The summed E-state index contributed by atoms with van der Waals surface area (Å²) in [6, 6.07) is 12.7. The van der Waals surface area contributed by atoms with Crippen molar-refractivity contribution >= 4 is 22.6 Å². The Hall–Kier alpha value is -2.26. The summed E-state index contributed by atoms with van der Waals surface area (Å²) in [5.41, 5.74) is 2.13. The second-order valence-electron chi connectivity index (χ2n) is 4.73. The molecule has 0 spiro atoms. The molecule has 0 bridgehead atoms. The molecule has 0 saturated heterocycles. The molecule has 0 fully saturated rings.